The maximum atomic E-state index is 12.4. The highest BCUT2D eigenvalue weighted by molar-refractivity contribution is 7.12. The topological polar surface area (TPSA) is 85.2 Å². The van der Waals surface area contributed by atoms with E-state index in [9.17, 15) is 9.59 Å². The molecule has 0 radical (unpaired) electrons. The number of anilines is 1. The van der Waals surface area contributed by atoms with Gasteiger partial charge >= 0.3 is 5.97 Å². The van der Waals surface area contributed by atoms with Crippen molar-refractivity contribution in [2.75, 3.05) is 12.3 Å². The van der Waals surface area contributed by atoms with Gasteiger partial charge in [0.1, 0.15) is 5.69 Å². The Hall–Kier alpha value is -2.08. The zero-order valence-electron chi connectivity index (χ0n) is 12.6. The molecule has 0 saturated carbocycles. The Labute approximate surface area is 132 Å². The largest absolute Gasteiger partial charge is 0.461 e. The zero-order valence-corrected chi connectivity index (χ0v) is 13.4. The summed E-state index contributed by atoms with van der Waals surface area (Å²) in [6.45, 7) is 4.06. The van der Waals surface area contributed by atoms with Crippen molar-refractivity contribution >= 4 is 28.8 Å². The van der Waals surface area contributed by atoms with Gasteiger partial charge in [0, 0.05) is 27.8 Å². The summed E-state index contributed by atoms with van der Waals surface area (Å²) in [6, 6.07) is 4.13. The van der Waals surface area contributed by atoms with Gasteiger partial charge in [-0.1, -0.05) is 0 Å². The van der Waals surface area contributed by atoms with E-state index >= 15 is 0 Å². The van der Waals surface area contributed by atoms with Crippen LogP contribution in [0, 0.1) is 6.92 Å². The lowest BCUT2D eigenvalue weighted by atomic mass is 9.85. The fraction of sp³-hybridized carbons (Fsp3) is 0.375. The molecule has 0 fully saturated rings. The van der Waals surface area contributed by atoms with Gasteiger partial charge < -0.3 is 15.5 Å². The van der Waals surface area contributed by atoms with Crippen LogP contribution in [0.1, 0.15) is 55.6 Å². The second-order valence-corrected chi connectivity index (χ2v) is 6.78. The maximum absolute atomic E-state index is 12.4. The van der Waals surface area contributed by atoms with Gasteiger partial charge in [-0.25, -0.2) is 4.79 Å². The van der Waals surface area contributed by atoms with Gasteiger partial charge in [-0.3, -0.25) is 4.79 Å². The fourth-order valence-corrected chi connectivity index (χ4v) is 3.90. The summed E-state index contributed by atoms with van der Waals surface area (Å²) in [6.07, 6.45) is 1.11. The summed E-state index contributed by atoms with van der Waals surface area (Å²) < 4.78 is 4.98. The molecular weight excluding hydrogens is 300 g/mol. The maximum Gasteiger partial charge on any atom is 0.356 e. The number of nitrogens with one attached hydrogen (secondary N) is 1. The first-order valence-electron chi connectivity index (χ1n) is 7.28. The van der Waals surface area contributed by atoms with Crippen LogP contribution in [-0.4, -0.2) is 23.3 Å². The number of rotatable bonds is 3. The molecule has 2 aromatic rings. The predicted octanol–water partition coefficient (Wildman–Crippen LogP) is 3.06. The monoisotopic (exact) mass is 318 g/mol. The van der Waals surface area contributed by atoms with Crippen LogP contribution < -0.4 is 5.73 Å². The quantitative estimate of drug-likeness (QED) is 0.852. The average molecular weight is 318 g/mol. The van der Waals surface area contributed by atoms with E-state index < -0.39 is 5.97 Å². The number of ether oxygens (including phenoxy) is 1. The Balaban J connectivity index is 1.95. The Morgan fingerprint density at radius 2 is 2.23 bits per heavy atom. The van der Waals surface area contributed by atoms with Crippen molar-refractivity contribution in [3.8, 4) is 0 Å². The van der Waals surface area contributed by atoms with Crippen molar-refractivity contribution < 1.29 is 14.3 Å². The van der Waals surface area contributed by atoms with Crippen LogP contribution in [-0.2, 0) is 11.2 Å². The van der Waals surface area contributed by atoms with Crippen LogP contribution in [0.5, 0.6) is 0 Å². The lowest BCUT2D eigenvalue weighted by Crippen LogP contribution is -2.18. The molecule has 3 rings (SSSR count). The molecule has 3 N–H and O–H groups in total. The molecule has 6 heteroatoms. The van der Waals surface area contributed by atoms with E-state index in [1.165, 1.54) is 9.75 Å². The number of thiophene rings is 1. The first kappa shape index (κ1) is 14.8. The molecule has 2 heterocycles. The number of ketones is 1. The number of hydrogen-bond donors (Lipinski definition) is 2. The third-order valence-electron chi connectivity index (χ3n) is 3.92. The Bertz CT molecular complexity index is 745. The highest BCUT2D eigenvalue weighted by Gasteiger charge is 2.33. The first-order valence-corrected chi connectivity index (χ1v) is 8.09. The third kappa shape index (κ3) is 2.43. The SMILES string of the molecule is CCOC(=O)c1[nH]c2c(c1N)C(=O)C[C@@H](c1ccc(C)s1)C2. The van der Waals surface area contributed by atoms with Crippen molar-refractivity contribution in [2.45, 2.75) is 32.6 Å². The van der Waals surface area contributed by atoms with E-state index in [4.69, 9.17) is 10.5 Å². The van der Waals surface area contributed by atoms with Crippen LogP contribution in [0.25, 0.3) is 0 Å². The standard InChI is InChI=1S/C16H18N2O3S/c1-3-21-16(20)15-14(17)13-10(18-15)6-9(7-11(13)19)12-5-4-8(2)22-12/h4-5,9,18H,3,6-7,17H2,1-2H3/t9-/m0/s1. The number of aryl methyl sites for hydroxylation is 1. The minimum Gasteiger partial charge on any atom is -0.461 e. The lowest BCUT2D eigenvalue weighted by molar-refractivity contribution is 0.0521. The zero-order chi connectivity index (χ0) is 15.9. The van der Waals surface area contributed by atoms with Crippen molar-refractivity contribution in [2.24, 2.45) is 0 Å². The third-order valence-corrected chi connectivity index (χ3v) is 5.08. The predicted molar refractivity (Wildman–Crippen MR) is 85.6 cm³/mol. The molecule has 1 aliphatic carbocycles. The number of aromatic nitrogens is 1. The summed E-state index contributed by atoms with van der Waals surface area (Å²) >= 11 is 1.71. The van der Waals surface area contributed by atoms with Crippen molar-refractivity contribution in [1.29, 1.82) is 0 Å². The van der Waals surface area contributed by atoms with E-state index in [1.54, 1.807) is 18.3 Å². The molecule has 0 spiro atoms. The molecule has 0 aromatic carbocycles. The molecule has 1 atom stereocenters. The molecule has 0 bridgehead atoms. The summed E-state index contributed by atoms with van der Waals surface area (Å²) in [5.74, 6) is -0.376. The van der Waals surface area contributed by atoms with E-state index in [0.717, 1.165) is 5.69 Å². The van der Waals surface area contributed by atoms with Gasteiger partial charge in [0.2, 0.25) is 0 Å². The van der Waals surface area contributed by atoms with Crippen molar-refractivity contribution in [3.05, 3.63) is 38.8 Å². The van der Waals surface area contributed by atoms with Gasteiger partial charge in [0.05, 0.1) is 17.9 Å². The summed E-state index contributed by atoms with van der Waals surface area (Å²) in [4.78, 5) is 29.8. The number of Topliss-reactive ketones (excluding diaryl/α,β-unsaturated/α-hetero) is 1. The van der Waals surface area contributed by atoms with Crippen LogP contribution in [0.4, 0.5) is 5.69 Å². The van der Waals surface area contributed by atoms with Crippen LogP contribution >= 0.6 is 11.3 Å². The Morgan fingerprint density at radius 3 is 2.86 bits per heavy atom. The lowest BCUT2D eigenvalue weighted by Gasteiger charge is -2.20. The second kappa shape index (κ2) is 5.61. The molecule has 2 aromatic heterocycles. The summed E-state index contributed by atoms with van der Waals surface area (Å²) in [7, 11) is 0. The molecule has 0 saturated heterocycles. The molecule has 5 nitrogen and oxygen atoms in total. The molecule has 0 aliphatic heterocycles. The average Bonchev–Trinajstić information content (AvgIpc) is 3.03. The minimum atomic E-state index is -0.509. The normalized spacial score (nSPS) is 17.4. The smallest absolute Gasteiger partial charge is 0.356 e. The van der Waals surface area contributed by atoms with Crippen molar-refractivity contribution in [1.82, 2.24) is 4.98 Å². The Morgan fingerprint density at radius 1 is 1.45 bits per heavy atom. The number of aromatic amines is 1. The number of H-pyrrole nitrogens is 1. The van der Waals surface area contributed by atoms with Crippen LogP contribution in [0.2, 0.25) is 0 Å². The molecule has 0 unspecified atom stereocenters. The molecular formula is C16H18N2O3S. The van der Waals surface area contributed by atoms with Gasteiger partial charge in [-0.2, -0.15) is 0 Å². The highest BCUT2D eigenvalue weighted by Crippen LogP contribution is 2.38. The fourth-order valence-electron chi connectivity index (χ4n) is 2.92. The molecule has 116 valence electrons. The summed E-state index contributed by atoms with van der Waals surface area (Å²) in [5, 5.41) is 0. The van der Waals surface area contributed by atoms with E-state index in [0.29, 0.717) is 18.4 Å². The second-order valence-electron chi connectivity index (χ2n) is 5.46. The highest BCUT2D eigenvalue weighted by atomic mass is 32.1. The Kier molecular flexibility index (Phi) is 3.78. The van der Waals surface area contributed by atoms with Gasteiger partial charge in [0.25, 0.3) is 0 Å². The van der Waals surface area contributed by atoms with Gasteiger partial charge in [0.15, 0.2) is 5.78 Å². The van der Waals surface area contributed by atoms with Crippen LogP contribution in [0.3, 0.4) is 0 Å². The number of fused-ring (bicyclic) bond motifs is 1. The minimum absolute atomic E-state index is 0.0124. The summed E-state index contributed by atoms with van der Waals surface area (Å²) in [5.41, 5.74) is 7.61. The number of esters is 1. The number of carbonyl (C=O) groups is 2. The van der Waals surface area contributed by atoms with E-state index in [-0.39, 0.29) is 29.7 Å². The van der Waals surface area contributed by atoms with E-state index in [1.807, 2.05) is 0 Å². The molecule has 1 aliphatic rings. The number of nitrogens with two attached hydrogens (primary N) is 1. The number of nitrogen functional groups attached to an aromatic ring is 1. The molecule has 0 amide bonds. The molecule has 22 heavy (non-hydrogen) atoms. The van der Waals surface area contributed by atoms with Crippen molar-refractivity contribution in [3.63, 3.8) is 0 Å². The first-order chi connectivity index (χ1) is 10.5. The number of carbonyl (C=O) groups excluding carboxylic acids is 2. The van der Waals surface area contributed by atoms with E-state index in [2.05, 4.69) is 24.0 Å². The van der Waals surface area contributed by atoms with Crippen LogP contribution in [0.15, 0.2) is 12.1 Å². The number of hydrogen-bond acceptors (Lipinski definition) is 5. The van der Waals surface area contributed by atoms with Gasteiger partial charge in [-0.05, 0) is 32.4 Å². The van der Waals surface area contributed by atoms with Gasteiger partial charge in [-0.15, -0.1) is 11.3 Å².